The average Bonchev–Trinajstić information content (AvgIpc) is 2.71. The van der Waals surface area contributed by atoms with Gasteiger partial charge in [0.2, 0.25) is 0 Å². The standard InChI is InChI=1S/C15H13NO3/c1-8-4-5-16-14-9-6-11(18-2)12(19-3)7-10(9)15(17)13(8)14/h4-7H,1-3H3. The quantitative estimate of drug-likeness (QED) is 0.706. The van der Waals surface area contributed by atoms with E-state index < -0.39 is 0 Å². The molecule has 1 aromatic heterocycles. The first-order valence-corrected chi connectivity index (χ1v) is 5.94. The lowest BCUT2D eigenvalue weighted by molar-refractivity contribution is 0.104. The maximum atomic E-state index is 12.4. The van der Waals surface area contributed by atoms with E-state index in [2.05, 4.69) is 4.98 Å². The van der Waals surface area contributed by atoms with Crippen molar-refractivity contribution in [3.8, 4) is 22.8 Å². The van der Waals surface area contributed by atoms with Gasteiger partial charge in [-0.25, -0.2) is 0 Å². The molecule has 0 N–H and O–H groups in total. The maximum absolute atomic E-state index is 12.4. The van der Waals surface area contributed by atoms with E-state index in [1.807, 2.05) is 19.1 Å². The number of ether oxygens (including phenoxy) is 2. The summed E-state index contributed by atoms with van der Waals surface area (Å²) in [6.07, 6.45) is 1.72. The lowest BCUT2D eigenvalue weighted by Crippen LogP contribution is -1.99. The van der Waals surface area contributed by atoms with Gasteiger partial charge in [-0.2, -0.15) is 0 Å². The SMILES string of the molecule is COc1cc2c(cc1OC)-c1nccc(C)c1C2=O. The third-order valence-electron chi connectivity index (χ3n) is 3.41. The zero-order valence-electron chi connectivity index (χ0n) is 11.0. The number of hydrogen-bond acceptors (Lipinski definition) is 4. The Kier molecular flexibility index (Phi) is 2.52. The highest BCUT2D eigenvalue weighted by atomic mass is 16.5. The van der Waals surface area contributed by atoms with Gasteiger partial charge in [-0.3, -0.25) is 9.78 Å². The Morgan fingerprint density at radius 1 is 1.05 bits per heavy atom. The zero-order valence-corrected chi connectivity index (χ0v) is 11.0. The number of methoxy groups -OCH3 is 2. The summed E-state index contributed by atoms with van der Waals surface area (Å²) in [6.45, 7) is 1.92. The van der Waals surface area contributed by atoms with Gasteiger partial charge in [-0.05, 0) is 30.7 Å². The van der Waals surface area contributed by atoms with E-state index in [0.29, 0.717) is 22.6 Å². The second kappa shape index (κ2) is 4.09. The van der Waals surface area contributed by atoms with Crippen LogP contribution in [0, 0.1) is 6.92 Å². The van der Waals surface area contributed by atoms with Gasteiger partial charge in [0.25, 0.3) is 0 Å². The molecule has 0 bridgehead atoms. The topological polar surface area (TPSA) is 48.4 Å². The number of benzene rings is 1. The van der Waals surface area contributed by atoms with Gasteiger partial charge < -0.3 is 9.47 Å². The van der Waals surface area contributed by atoms with Crippen molar-refractivity contribution in [2.24, 2.45) is 0 Å². The van der Waals surface area contributed by atoms with Crippen LogP contribution in [0.4, 0.5) is 0 Å². The van der Waals surface area contributed by atoms with Crippen LogP contribution < -0.4 is 9.47 Å². The lowest BCUT2D eigenvalue weighted by Gasteiger charge is -2.09. The number of ketones is 1. The molecule has 19 heavy (non-hydrogen) atoms. The number of carbonyl (C=O) groups is 1. The Hall–Kier alpha value is -2.36. The van der Waals surface area contributed by atoms with Gasteiger partial charge in [0.1, 0.15) is 0 Å². The largest absolute Gasteiger partial charge is 0.493 e. The summed E-state index contributed by atoms with van der Waals surface area (Å²) in [5.41, 5.74) is 3.76. The van der Waals surface area contributed by atoms with Crippen molar-refractivity contribution in [3.05, 3.63) is 41.1 Å². The number of aromatic nitrogens is 1. The van der Waals surface area contributed by atoms with E-state index >= 15 is 0 Å². The fourth-order valence-electron chi connectivity index (χ4n) is 2.45. The molecule has 1 heterocycles. The van der Waals surface area contributed by atoms with Crippen LogP contribution in [-0.2, 0) is 0 Å². The van der Waals surface area contributed by atoms with E-state index in [9.17, 15) is 4.79 Å². The van der Waals surface area contributed by atoms with E-state index in [4.69, 9.17) is 9.47 Å². The summed E-state index contributed by atoms with van der Waals surface area (Å²) in [5, 5.41) is 0. The smallest absolute Gasteiger partial charge is 0.196 e. The molecule has 0 fully saturated rings. The first kappa shape index (κ1) is 11.7. The molecule has 1 aromatic carbocycles. The number of aryl methyl sites for hydroxylation is 1. The number of nitrogens with zero attached hydrogens (tertiary/aromatic N) is 1. The minimum absolute atomic E-state index is 0.00319. The third kappa shape index (κ3) is 1.53. The summed E-state index contributed by atoms with van der Waals surface area (Å²) < 4.78 is 10.5. The van der Waals surface area contributed by atoms with Crippen molar-refractivity contribution in [2.75, 3.05) is 14.2 Å². The first-order chi connectivity index (χ1) is 9.17. The Labute approximate surface area is 111 Å². The molecule has 0 atom stereocenters. The van der Waals surface area contributed by atoms with Gasteiger partial charge in [-0.15, -0.1) is 0 Å². The van der Waals surface area contributed by atoms with Gasteiger partial charge in [-0.1, -0.05) is 0 Å². The number of hydrogen-bond donors (Lipinski definition) is 0. The first-order valence-electron chi connectivity index (χ1n) is 5.94. The fourth-order valence-corrected chi connectivity index (χ4v) is 2.45. The molecule has 0 aliphatic heterocycles. The van der Waals surface area contributed by atoms with Crippen LogP contribution in [-0.4, -0.2) is 25.0 Å². The fraction of sp³-hybridized carbons (Fsp3) is 0.200. The van der Waals surface area contributed by atoms with E-state index in [1.165, 1.54) is 0 Å². The highest BCUT2D eigenvalue weighted by Crippen LogP contribution is 2.42. The number of rotatable bonds is 2. The molecule has 4 nitrogen and oxygen atoms in total. The maximum Gasteiger partial charge on any atom is 0.196 e. The molecule has 0 unspecified atom stereocenters. The van der Waals surface area contributed by atoms with E-state index in [-0.39, 0.29) is 5.78 Å². The van der Waals surface area contributed by atoms with Crippen molar-refractivity contribution in [2.45, 2.75) is 6.92 Å². The molecule has 2 aromatic rings. The zero-order chi connectivity index (χ0) is 13.6. The van der Waals surface area contributed by atoms with Crippen LogP contribution in [0.15, 0.2) is 24.4 Å². The van der Waals surface area contributed by atoms with Crippen LogP contribution in [0.25, 0.3) is 11.3 Å². The minimum Gasteiger partial charge on any atom is -0.493 e. The van der Waals surface area contributed by atoms with Crippen molar-refractivity contribution in [1.82, 2.24) is 4.98 Å². The predicted molar refractivity (Wildman–Crippen MR) is 70.9 cm³/mol. The molecule has 0 spiro atoms. The van der Waals surface area contributed by atoms with Crippen molar-refractivity contribution in [3.63, 3.8) is 0 Å². The van der Waals surface area contributed by atoms with E-state index in [1.54, 1.807) is 26.5 Å². The number of pyridine rings is 1. The molecule has 1 aliphatic rings. The summed E-state index contributed by atoms with van der Waals surface area (Å²) >= 11 is 0. The van der Waals surface area contributed by atoms with Crippen LogP contribution in [0.5, 0.6) is 11.5 Å². The lowest BCUT2D eigenvalue weighted by atomic mass is 10.1. The highest BCUT2D eigenvalue weighted by molar-refractivity contribution is 6.22. The minimum atomic E-state index is -0.00319. The molecular weight excluding hydrogens is 242 g/mol. The van der Waals surface area contributed by atoms with Crippen molar-refractivity contribution in [1.29, 1.82) is 0 Å². The number of fused-ring (bicyclic) bond motifs is 3. The predicted octanol–water partition coefficient (Wildman–Crippen LogP) is 2.62. The molecule has 0 saturated carbocycles. The Morgan fingerprint density at radius 2 is 1.68 bits per heavy atom. The normalized spacial score (nSPS) is 12.1. The third-order valence-corrected chi connectivity index (χ3v) is 3.41. The molecule has 4 heteroatoms. The second-order valence-electron chi connectivity index (χ2n) is 4.43. The van der Waals surface area contributed by atoms with Crippen LogP contribution >= 0.6 is 0 Å². The molecule has 0 amide bonds. The molecule has 96 valence electrons. The molecule has 0 radical (unpaired) electrons. The molecule has 3 rings (SSSR count). The second-order valence-corrected chi connectivity index (χ2v) is 4.43. The van der Waals surface area contributed by atoms with Crippen LogP contribution in [0.1, 0.15) is 21.5 Å². The van der Waals surface area contributed by atoms with Gasteiger partial charge in [0.05, 0.1) is 25.5 Å². The summed E-state index contributed by atoms with van der Waals surface area (Å²) in [7, 11) is 3.13. The van der Waals surface area contributed by atoms with Crippen molar-refractivity contribution >= 4 is 5.78 Å². The average molecular weight is 255 g/mol. The van der Waals surface area contributed by atoms with Crippen LogP contribution in [0.2, 0.25) is 0 Å². The summed E-state index contributed by atoms with van der Waals surface area (Å²) in [4.78, 5) is 16.8. The highest BCUT2D eigenvalue weighted by Gasteiger charge is 2.31. The monoisotopic (exact) mass is 255 g/mol. The van der Waals surface area contributed by atoms with Gasteiger partial charge in [0.15, 0.2) is 17.3 Å². The van der Waals surface area contributed by atoms with Gasteiger partial charge >= 0.3 is 0 Å². The molecule has 0 saturated heterocycles. The molecule has 1 aliphatic carbocycles. The molecular formula is C15H13NO3. The van der Waals surface area contributed by atoms with Gasteiger partial charge in [0, 0.05) is 17.3 Å². The van der Waals surface area contributed by atoms with E-state index in [0.717, 1.165) is 16.8 Å². The van der Waals surface area contributed by atoms with Crippen LogP contribution in [0.3, 0.4) is 0 Å². The van der Waals surface area contributed by atoms with Crippen molar-refractivity contribution < 1.29 is 14.3 Å². The Balaban J connectivity index is 2.32. The Bertz CT molecular complexity index is 692. The number of carbonyl (C=O) groups excluding carboxylic acids is 1. The summed E-state index contributed by atoms with van der Waals surface area (Å²) in [5.74, 6) is 1.15. The Morgan fingerprint density at radius 3 is 2.32 bits per heavy atom. The summed E-state index contributed by atoms with van der Waals surface area (Å²) in [6, 6.07) is 5.37.